The first-order valence-corrected chi connectivity index (χ1v) is 11.4. The Morgan fingerprint density at radius 1 is 1.00 bits per heavy atom. The van der Waals surface area contributed by atoms with Crippen molar-refractivity contribution in [1.82, 2.24) is 10.2 Å². The predicted molar refractivity (Wildman–Crippen MR) is 122 cm³/mol. The van der Waals surface area contributed by atoms with E-state index in [9.17, 15) is 9.59 Å². The molecule has 0 fully saturated rings. The van der Waals surface area contributed by atoms with Crippen LogP contribution < -0.4 is 5.32 Å². The van der Waals surface area contributed by atoms with E-state index < -0.39 is 6.04 Å². The van der Waals surface area contributed by atoms with E-state index in [0.29, 0.717) is 25.3 Å². The summed E-state index contributed by atoms with van der Waals surface area (Å²) in [5, 5.41) is 2.96. The molecular formula is C24H32N2O2S. The van der Waals surface area contributed by atoms with Crippen molar-refractivity contribution in [3.8, 4) is 0 Å². The molecule has 0 aliphatic rings. The molecule has 0 radical (unpaired) electrons. The van der Waals surface area contributed by atoms with E-state index in [4.69, 9.17) is 0 Å². The minimum absolute atomic E-state index is 0.00463. The van der Waals surface area contributed by atoms with Gasteiger partial charge < -0.3 is 10.2 Å². The molecule has 0 spiro atoms. The Bertz CT molecular complexity index is 762. The summed E-state index contributed by atoms with van der Waals surface area (Å²) in [6.07, 6.45) is 1.47. The average Bonchev–Trinajstić information content (AvgIpc) is 2.74. The molecule has 2 aromatic rings. The van der Waals surface area contributed by atoms with Gasteiger partial charge in [0.05, 0.1) is 5.75 Å². The van der Waals surface area contributed by atoms with E-state index in [1.807, 2.05) is 63.2 Å². The lowest BCUT2D eigenvalue weighted by molar-refractivity contribution is -0.139. The molecule has 4 nitrogen and oxygen atoms in total. The molecule has 2 aromatic carbocycles. The van der Waals surface area contributed by atoms with Crippen LogP contribution in [0.25, 0.3) is 0 Å². The van der Waals surface area contributed by atoms with E-state index in [2.05, 4.69) is 17.4 Å². The van der Waals surface area contributed by atoms with E-state index >= 15 is 0 Å². The highest BCUT2D eigenvalue weighted by atomic mass is 32.2. The Labute approximate surface area is 179 Å². The highest BCUT2D eigenvalue weighted by Gasteiger charge is 2.28. The Morgan fingerprint density at radius 2 is 1.69 bits per heavy atom. The van der Waals surface area contributed by atoms with Crippen LogP contribution in [0.15, 0.2) is 54.6 Å². The normalized spacial score (nSPS) is 11.7. The van der Waals surface area contributed by atoms with Gasteiger partial charge in [0.2, 0.25) is 11.8 Å². The molecule has 0 heterocycles. The van der Waals surface area contributed by atoms with Crippen molar-refractivity contribution in [2.24, 2.45) is 0 Å². The fourth-order valence-corrected chi connectivity index (χ4v) is 3.96. The van der Waals surface area contributed by atoms with Crippen LogP contribution in [-0.2, 0) is 21.9 Å². The zero-order valence-corrected chi connectivity index (χ0v) is 18.5. The molecule has 0 aliphatic carbocycles. The minimum atomic E-state index is -0.451. The number of hydrogen-bond donors (Lipinski definition) is 1. The van der Waals surface area contributed by atoms with Crippen molar-refractivity contribution in [1.29, 1.82) is 0 Å². The van der Waals surface area contributed by atoms with Gasteiger partial charge in [0.25, 0.3) is 0 Å². The summed E-state index contributed by atoms with van der Waals surface area (Å²) in [5.74, 6) is 1.08. The second-order valence-electron chi connectivity index (χ2n) is 7.20. The Kier molecular flexibility index (Phi) is 9.78. The third-order valence-corrected chi connectivity index (χ3v) is 5.73. The largest absolute Gasteiger partial charge is 0.354 e. The number of nitrogens with zero attached hydrogens (tertiary/aromatic N) is 1. The number of aryl methyl sites for hydroxylation is 1. The lowest BCUT2D eigenvalue weighted by Gasteiger charge is -2.30. The highest BCUT2D eigenvalue weighted by Crippen LogP contribution is 2.17. The lowest BCUT2D eigenvalue weighted by Crippen LogP contribution is -2.49. The van der Waals surface area contributed by atoms with Crippen molar-refractivity contribution in [2.45, 2.75) is 52.0 Å². The number of hydrogen-bond acceptors (Lipinski definition) is 3. The monoisotopic (exact) mass is 412 g/mol. The molecule has 2 rings (SSSR count). The summed E-state index contributed by atoms with van der Waals surface area (Å²) in [6, 6.07) is 17.8. The molecule has 0 aromatic heterocycles. The lowest BCUT2D eigenvalue weighted by atomic mass is 10.1. The molecule has 0 aliphatic heterocycles. The molecule has 5 heteroatoms. The van der Waals surface area contributed by atoms with Gasteiger partial charge >= 0.3 is 0 Å². The fraction of sp³-hybridized carbons (Fsp3) is 0.417. The number of rotatable bonds is 11. The Hall–Kier alpha value is -2.27. The maximum Gasteiger partial charge on any atom is 0.242 e. The Morgan fingerprint density at radius 3 is 2.31 bits per heavy atom. The van der Waals surface area contributed by atoms with Crippen molar-refractivity contribution < 1.29 is 9.59 Å². The van der Waals surface area contributed by atoms with Crippen LogP contribution in [0.4, 0.5) is 0 Å². The molecular weight excluding hydrogens is 380 g/mol. The van der Waals surface area contributed by atoms with Crippen LogP contribution >= 0.6 is 11.8 Å². The molecule has 0 bridgehead atoms. The first kappa shape index (κ1) is 23.0. The van der Waals surface area contributed by atoms with Gasteiger partial charge in [-0.1, -0.05) is 74.0 Å². The highest BCUT2D eigenvalue weighted by molar-refractivity contribution is 7.99. The fourth-order valence-electron chi connectivity index (χ4n) is 3.09. The molecule has 156 valence electrons. The van der Waals surface area contributed by atoms with Crippen molar-refractivity contribution in [3.63, 3.8) is 0 Å². The van der Waals surface area contributed by atoms with Gasteiger partial charge in [-0.05, 0) is 30.9 Å². The summed E-state index contributed by atoms with van der Waals surface area (Å²) in [4.78, 5) is 27.6. The van der Waals surface area contributed by atoms with Crippen molar-refractivity contribution in [3.05, 3.63) is 71.3 Å². The number of benzene rings is 2. The van der Waals surface area contributed by atoms with Gasteiger partial charge in [0.1, 0.15) is 6.04 Å². The third kappa shape index (κ3) is 7.58. The van der Waals surface area contributed by atoms with E-state index in [1.165, 1.54) is 11.1 Å². The van der Waals surface area contributed by atoms with Crippen LogP contribution in [0.5, 0.6) is 0 Å². The van der Waals surface area contributed by atoms with Crippen LogP contribution in [0.3, 0.4) is 0 Å². The maximum atomic E-state index is 13.1. The number of nitrogens with one attached hydrogen (secondary N) is 1. The second kappa shape index (κ2) is 12.3. The van der Waals surface area contributed by atoms with Crippen molar-refractivity contribution >= 4 is 23.6 Å². The molecule has 2 amide bonds. The summed E-state index contributed by atoms with van der Waals surface area (Å²) in [5.41, 5.74) is 3.42. The van der Waals surface area contributed by atoms with Gasteiger partial charge in [0.15, 0.2) is 0 Å². The molecule has 29 heavy (non-hydrogen) atoms. The first-order valence-electron chi connectivity index (χ1n) is 10.3. The Balaban J connectivity index is 2.09. The van der Waals surface area contributed by atoms with Gasteiger partial charge in [0, 0.05) is 18.8 Å². The smallest absolute Gasteiger partial charge is 0.242 e. The van der Waals surface area contributed by atoms with E-state index in [0.717, 1.165) is 17.7 Å². The summed E-state index contributed by atoms with van der Waals surface area (Å²) in [7, 11) is 0. The van der Waals surface area contributed by atoms with Crippen molar-refractivity contribution in [2.75, 3.05) is 12.3 Å². The van der Waals surface area contributed by atoms with Gasteiger partial charge in [-0.2, -0.15) is 0 Å². The predicted octanol–water partition coefficient (Wildman–Crippen LogP) is 4.56. The van der Waals surface area contributed by atoms with E-state index in [1.54, 1.807) is 16.7 Å². The number of carbonyl (C=O) groups is 2. The average molecular weight is 413 g/mol. The summed E-state index contributed by atoms with van der Waals surface area (Å²) in [6.45, 7) is 7.10. The number of amides is 2. The zero-order chi connectivity index (χ0) is 21.1. The van der Waals surface area contributed by atoms with Crippen LogP contribution in [0.1, 0.15) is 43.4 Å². The quantitative estimate of drug-likeness (QED) is 0.588. The second-order valence-corrected chi connectivity index (χ2v) is 8.19. The third-order valence-electron chi connectivity index (χ3n) is 4.75. The molecule has 1 unspecified atom stereocenters. The topological polar surface area (TPSA) is 49.4 Å². The number of carbonyl (C=O) groups excluding carboxylic acids is 2. The van der Waals surface area contributed by atoms with E-state index in [-0.39, 0.29) is 11.8 Å². The van der Waals surface area contributed by atoms with Crippen LogP contribution in [0.2, 0.25) is 0 Å². The van der Waals surface area contributed by atoms with Gasteiger partial charge in [-0.15, -0.1) is 11.8 Å². The first-order chi connectivity index (χ1) is 14.0. The summed E-state index contributed by atoms with van der Waals surface area (Å²) < 4.78 is 0. The van der Waals surface area contributed by atoms with Gasteiger partial charge in [-0.3, -0.25) is 9.59 Å². The number of thioether (sulfide) groups is 1. The minimum Gasteiger partial charge on any atom is -0.354 e. The SMILES string of the molecule is CCCNC(=O)C(CC)N(Cc1ccc(C)cc1)C(=O)CSCc1ccccc1. The molecule has 1 atom stereocenters. The molecule has 1 N–H and O–H groups in total. The molecule has 0 saturated carbocycles. The zero-order valence-electron chi connectivity index (χ0n) is 17.7. The summed E-state index contributed by atoms with van der Waals surface area (Å²) >= 11 is 1.59. The standard InChI is InChI=1S/C24H32N2O2S/c1-4-15-25-24(28)22(5-2)26(16-20-13-11-19(3)12-14-20)23(27)18-29-17-21-9-7-6-8-10-21/h6-14,22H,4-5,15-18H2,1-3H3,(H,25,28). The molecule has 0 saturated heterocycles. The van der Waals surface area contributed by atoms with Crippen LogP contribution in [-0.4, -0.2) is 35.1 Å². The maximum absolute atomic E-state index is 13.1. The van der Waals surface area contributed by atoms with Crippen LogP contribution in [0, 0.1) is 6.92 Å². The van der Waals surface area contributed by atoms with Gasteiger partial charge in [-0.25, -0.2) is 0 Å².